The van der Waals surface area contributed by atoms with Gasteiger partial charge in [-0.2, -0.15) is 0 Å². The first-order chi connectivity index (χ1) is 13.6. The highest BCUT2D eigenvalue weighted by atomic mass is 16.7. The van der Waals surface area contributed by atoms with Gasteiger partial charge < -0.3 is 9.47 Å². The third kappa shape index (κ3) is 2.65. The number of morpholine rings is 1. The van der Waals surface area contributed by atoms with Crippen LogP contribution < -0.4 is 0 Å². The van der Waals surface area contributed by atoms with Gasteiger partial charge in [-0.3, -0.25) is 14.0 Å². The van der Waals surface area contributed by atoms with E-state index < -0.39 is 5.79 Å². The number of carbonyl (C=O) groups is 1. The topological polar surface area (TPSA) is 44.8 Å². The SMILES string of the molecule is CCCOC1(OC2C(C)[N+]23CCOCC3)C=CC2C(=C1)C(=O)c1ccccc12. The van der Waals surface area contributed by atoms with Gasteiger partial charge in [0.15, 0.2) is 11.8 Å². The van der Waals surface area contributed by atoms with Crippen LogP contribution in [0.25, 0.3) is 0 Å². The second kappa shape index (κ2) is 6.63. The van der Waals surface area contributed by atoms with Crippen molar-refractivity contribution in [1.29, 1.82) is 0 Å². The van der Waals surface area contributed by atoms with Gasteiger partial charge in [0.1, 0.15) is 13.1 Å². The Kier molecular flexibility index (Phi) is 4.32. The lowest BCUT2D eigenvalue weighted by molar-refractivity contribution is -0.850. The first-order valence-corrected chi connectivity index (χ1v) is 10.4. The highest BCUT2D eigenvalue weighted by Gasteiger charge is 2.67. The molecular weight excluding hydrogens is 354 g/mol. The van der Waals surface area contributed by atoms with Crippen molar-refractivity contribution >= 4 is 5.78 Å². The van der Waals surface area contributed by atoms with Crippen LogP contribution in [0.3, 0.4) is 0 Å². The number of quaternary nitrogens is 1. The lowest BCUT2D eigenvalue weighted by Gasteiger charge is -2.33. The van der Waals surface area contributed by atoms with E-state index in [1.807, 2.05) is 36.4 Å². The maximum Gasteiger partial charge on any atom is 0.250 e. The summed E-state index contributed by atoms with van der Waals surface area (Å²) >= 11 is 0. The molecule has 28 heavy (non-hydrogen) atoms. The molecule has 0 aromatic heterocycles. The Hall–Kier alpha value is -1.79. The number of hydrogen-bond donors (Lipinski definition) is 0. The van der Waals surface area contributed by atoms with Crippen molar-refractivity contribution in [3.63, 3.8) is 0 Å². The molecule has 0 saturated carbocycles. The van der Waals surface area contributed by atoms with Gasteiger partial charge in [-0.25, -0.2) is 0 Å². The van der Waals surface area contributed by atoms with Gasteiger partial charge in [-0.05, 0) is 31.1 Å². The van der Waals surface area contributed by atoms with Gasteiger partial charge in [0.25, 0.3) is 0 Å². The number of rotatable bonds is 5. The summed E-state index contributed by atoms with van der Waals surface area (Å²) in [6.45, 7) is 8.42. The lowest BCUT2D eigenvalue weighted by Crippen LogP contribution is -2.45. The van der Waals surface area contributed by atoms with Crippen LogP contribution in [0.2, 0.25) is 0 Å². The Morgan fingerprint density at radius 1 is 1.25 bits per heavy atom. The van der Waals surface area contributed by atoms with Crippen LogP contribution in [-0.2, 0) is 14.2 Å². The van der Waals surface area contributed by atoms with Crippen molar-refractivity contribution in [1.82, 2.24) is 0 Å². The summed E-state index contributed by atoms with van der Waals surface area (Å²) in [7, 11) is 0. The molecule has 2 aliphatic carbocycles. The van der Waals surface area contributed by atoms with E-state index in [9.17, 15) is 4.79 Å². The Morgan fingerprint density at radius 2 is 2.04 bits per heavy atom. The van der Waals surface area contributed by atoms with Gasteiger partial charge in [-0.15, -0.1) is 0 Å². The van der Waals surface area contributed by atoms with Gasteiger partial charge in [-0.1, -0.05) is 37.3 Å². The molecule has 1 aromatic rings. The summed E-state index contributed by atoms with van der Waals surface area (Å²) in [6, 6.07) is 8.30. The number of Topliss-reactive ketones (excluding diaryl/α,β-unsaturated/α-hetero) is 1. The number of fused-ring (bicyclic) bond motifs is 3. The number of hydrogen-bond acceptors (Lipinski definition) is 4. The Morgan fingerprint density at radius 3 is 2.82 bits per heavy atom. The largest absolute Gasteiger partial charge is 0.370 e. The molecule has 2 saturated heterocycles. The molecule has 2 fully saturated rings. The maximum absolute atomic E-state index is 13.0. The summed E-state index contributed by atoms with van der Waals surface area (Å²) in [5.41, 5.74) is 2.66. The second-order valence-corrected chi connectivity index (χ2v) is 8.33. The average molecular weight is 382 g/mol. The lowest BCUT2D eigenvalue weighted by atomic mass is 9.90. The van der Waals surface area contributed by atoms with Crippen molar-refractivity contribution < 1.29 is 23.5 Å². The van der Waals surface area contributed by atoms with Crippen molar-refractivity contribution in [3.8, 4) is 0 Å². The molecule has 5 nitrogen and oxygen atoms in total. The highest BCUT2D eigenvalue weighted by molar-refractivity contribution is 6.15. The van der Waals surface area contributed by atoms with E-state index in [-0.39, 0.29) is 17.9 Å². The number of ether oxygens (including phenoxy) is 3. The molecule has 4 atom stereocenters. The van der Waals surface area contributed by atoms with Crippen LogP contribution >= 0.6 is 0 Å². The fourth-order valence-electron chi connectivity index (χ4n) is 5.07. The van der Waals surface area contributed by atoms with Gasteiger partial charge in [0.05, 0.1) is 19.8 Å². The predicted octanol–water partition coefficient (Wildman–Crippen LogP) is 3.18. The molecule has 2 heterocycles. The molecule has 5 rings (SSSR count). The standard InChI is InChI=1S/C23H28NO4/c1-3-12-27-23(28-22-16(2)24(22)10-13-26-14-11-24)9-8-18-17-6-4-5-7-19(17)21(25)20(18)15-23/h4-9,15-16,18,22H,3,10-14H2,1-2H3/q+1. The minimum atomic E-state index is -0.960. The zero-order chi connectivity index (χ0) is 19.4. The fraction of sp³-hybridized carbons (Fsp3) is 0.522. The normalized spacial score (nSPS) is 34.9. The fourth-order valence-corrected chi connectivity index (χ4v) is 5.07. The molecule has 0 amide bonds. The molecule has 4 aliphatic rings. The van der Waals surface area contributed by atoms with Gasteiger partial charge >= 0.3 is 0 Å². The molecule has 2 aliphatic heterocycles. The first-order valence-electron chi connectivity index (χ1n) is 10.4. The number of allylic oxidation sites excluding steroid dienone is 2. The molecule has 0 N–H and O–H groups in total. The summed E-state index contributed by atoms with van der Waals surface area (Å²) in [4.78, 5) is 13.0. The monoisotopic (exact) mass is 382 g/mol. The zero-order valence-corrected chi connectivity index (χ0v) is 16.6. The summed E-state index contributed by atoms with van der Waals surface area (Å²) in [6.07, 6.45) is 7.03. The number of nitrogens with zero attached hydrogens (tertiary/aromatic N) is 1. The van der Waals surface area contributed by atoms with Crippen LogP contribution in [0.4, 0.5) is 0 Å². The number of benzene rings is 1. The van der Waals surface area contributed by atoms with Crippen LogP contribution in [-0.4, -0.2) is 61.2 Å². The number of ketones is 1. The van der Waals surface area contributed by atoms with Crippen LogP contribution in [0.15, 0.2) is 48.1 Å². The third-order valence-corrected chi connectivity index (χ3v) is 6.80. The molecular formula is C23H28NO4+. The Bertz CT molecular complexity index is 854. The van der Waals surface area contributed by atoms with Crippen LogP contribution in [0.5, 0.6) is 0 Å². The molecule has 1 aromatic carbocycles. The van der Waals surface area contributed by atoms with E-state index in [1.165, 1.54) is 0 Å². The van der Waals surface area contributed by atoms with E-state index in [0.717, 1.165) is 53.9 Å². The van der Waals surface area contributed by atoms with E-state index in [1.54, 1.807) is 0 Å². The van der Waals surface area contributed by atoms with Crippen molar-refractivity contribution in [2.75, 3.05) is 32.9 Å². The average Bonchev–Trinajstić information content (AvgIpc) is 3.12. The first kappa shape index (κ1) is 18.3. The molecule has 0 radical (unpaired) electrons. The summed E-state index contributed by atoms with van der Waals surface area (Å²) < 4.78 is 19.4. The minimum absolute atomic E-state index is 0.00816. The molecule has 4 unspecified atom stereocenters. The molecule has 5 heteroatoms. The van der Waals surface area contributed by atoms with Gasteiger partial charge in [0.2, 0.25) is 12.0 Å². The minimum Gasteiger partial charge on any atom is -0.370 e. The van der Waals surface area contributed by atoms with Crippen molar-refractivity contribution in [2.45, 2.75) is 44.2 Å². The van der Waals surface area contributed by atoms with Crippen molar-refractivity contribution in [3.05, 3.63) is 59.2 Å². The Labute approximate surface area is 166 Å². The molecule has 148 valence electrons. The van der Waals surface area contributed by atoms with Crippen LogP contribution in [0, 0.1) is 0 Å². The van der Waals surface area contributed by atoms with Crippen LogP contribution in [0.1, 0.15) is 42.1 Å². The molecule has 0 bridgehead atoms. The molecule has 1 spiro atoms. The second-order valence-electron chi connectivity index (χ2n) is 8.33. The number of carbonyl (C=O) groups excluding carboxylic acids is 1. The maximum atomic E-state index is 13.0. The zero-order valence-electron chi connectivity index (χ0n) is 16.6. The predicted molar refractivity (Wildman–Crippen MR) is 105 cm³/mol. The summed E-state index contributed by atoms with van der Waals surface area (Å²) in [5.74, 6) is -0.857. The third-order valence-electron chi connectivity index (χ3n) is 6.80. The van der Waals surface area contributed by atoms with E-state index in [0.29, 0.717) is 12.6 Å². The summed E-state index contributed by atoms with van der Waals surface area (Å²) in [5, 5.41) is 0. The highest BCUT2D eigenvalue weighted by Crippen LogP contribution is 2.48. The Balaban J connectivity index is 1.46. The quantitative estimate of drug-likeness (QED) is 0.340. The van der Waals surface area contributed by atoms with E-state index >= 15 is 0 Å². The van der Waals surface area contributed by atoms with E-state index in [4.69, 9.17) is 14.2 Å². The smallest absolute Gasteiger partial charge is 0.250 e. The van der Waals surface area contributed by atoms with Gasteiger partial charge in [0, 0.05) is 17.1 Å². The van der Waals surface area contributed by atoms with E-state index in [2.05, 4.69) is 19.9 Å². The van der Waals surface area contributed by atoms with Crippen molar-refractivity contribution in [2.24, 2.45) is 0 Å².